The number of alkyl halides is 1. The lowest BCUT2D eigenvalue weighted by atomic mass is 9.80. The SMILES string of the molecule is CC(Br)CCC1CCOC2(CCSCC2)C1. The highest BCUT2D eigenvalue weighted by Crippen LogP contribution is 2.41. The third-order valence-electron chi connectivity index (χ3n) is 3.97. The fourth-order valence-corrected chi connectivity index (χ4v) is 4.43. The van der Waals surface area contributed by atoms with Gasteiger partial charge < -0.3 is 4.74 Å². The van der Waals surface area contributed by atoms with Crippen molar-refractivity contribution in [2.24, 2.45) is 5.92 Å². The summed E-state index contributed by atoms with van der Waals surface area (Å²) in [5.74, 6) is 3.53. The highest BCUT2D eigenvalue weighted by atomic mass is 79.9. The first-order chi connectivity index (χ1) is 7.70. The minimum absolute atomic E-state index is 0.281. The van der Waals surface area contributed by atoms with Crippen molar-refractivity contribution < 1.29 is 4.74 Å². The van der Waals surface area contributed by atoms with Crippen molar-refractivity contribution in [1.82, 2.24) is 0 Å². The fourth-order valence-electron chi connectivity index (χ4n) is 2.93. The Kier molecular flexibility index (Phi) is 5.05. The van der Waals surface area contributed by atoms with Gasteiger partial charge in [-0.25, -0.2) is 0 Å². The Bertz CT molecular complexity index is 208. The molecule has 3 heteroatoms. The van der Waals surface area contributed by atoms with Crippen molar-refractivity contribution in [2.75, 3.05) is 18.1 Å². The molecule has 0 amide bonds. The largest absolute Gasteiger partial charge is 0.375 e. The molecule has 0 bridgehead atoms. The maximum Gasteiger partial charge on any atom is 0.0700 e. The van der Waals surface area contributed by atoms with Gasteiger partial charge in [0.05, 0.1) is 5.60 Å². The maximum atomic E-state index is 6.12. The predicted octanol–water partition coefficient (Wildman–Crippen LogP) is 4.24. The van der Waals surface area contributed by atoms with E-state index in [0.717, 1.165) is 12.5 Å². The normalized spacial score (nSPS) is 31.5. The Morgan fingerprint density at radius 1 is 1.44 bits per heavy atom. The lowest BCUT2D eigenvalue weighted by Gasteiger charge is -2.43. The molecule has 0 aliphatic carbocycles. The van der Waals surface area contributed by atoms with Crippen LogP contribution in [-0.2, 0) is 4.74 Å². The summed E-state index contributed by atoms with van der Waals surface area (Å²) >= 11 is 5.75. The summed E-state index contributed by atoms with van der Waals surface area (Å²) in [7, 11) is 0. The lowest BCUT2D eigenvalue weighted by Crippen LogP contribution is -2.42. The minimum atomic E-state index is 0.281. The summed E-state index contributed by atoms with van der Waals surface area (Å²) in [4.78, 5) is 0.674. The molecule has 0 aromatic heterocycles. The first kappa shape index (κ1) is 13.2. The van der Waals surface area contributed by atoms with Gasteiger partial charge in [-0.05, 0) is 55.9 Å². The second kappa shape index (κ2) is 6.10. The van der Waals surface area contributed by atoms with Crippen LogP contribution < -0.4 is 0 Å². The molecule has 2 heterocycles. The topological polar surface area (TPSA) is 9.23 Å². The van der Waals surface area contributed by atoms with Gasteiger partial charge >= 0.3 is 0 Å². The second-order valence-electron chi connectivity index (χ2n) is 5.36. The molecule has 1 nitrogen and oxygen atoms in total. The lowest BCUT2D eigenvalue weighted by molar-refractivity contribution is -0.103. The fraction of sp³-hybridized carbons (Fsp3) is 1.00. The summed E-state index contributed by atoms with van der Waals surface area (Å²) in [6, 6.07) is 0. The molecule has 2 fully saturated rings. The molecule has 2 rings (SSSR count). The standard InChI is InChI=1S/C13H23BrOS/c1-11(14)2-3-12-4-7-15-13(10-12)5-8-16-9-6-13/h11-12H,2-10H2,1H3. The molecule has 16 heavy (non-hydrogen) atoms. The van der Waals surface area contributed by atoms with Crippen molar-refractivity contribution in [3.63, 3.8) is 0 Å². The van der Waals surface area contributed by atoms with Crippen LogP contribution in [0.3, 0.4) is 0 Å². The number of hydrogen-bond acceptors (Lipinski definition) is 2. The highest BCUT2D eigenvalue weighted by Gasteiger charge is 2.38. The molecule has 1 spiro atoms. The minimum Gasteiger partial charge on any atom is -0.375 e. The maximum absolute atomic E-state index is 6.12. The van der Waals surface area contributed by atoms with Gasteiger partial charge in [0.25, 0.3) is 0 Å². The number of hydrogen-bond donors (Lipinski definition) is 0. The van der Waals surface area contributed by atoms with E-state index in [0.29, 0.717) is 4.83 Å². The number of rotatable bonds is 3. The molecule has 2 atom stereocenters. The van der Waals surface area contributed by atoms with Crippen LogP contribution in [0.2, 0.25) is 0 Å². The smallest absolute Gasteiger partial charge is 0.0700 e. The Hall–Kier alpha value is 0.790. The van der Waals surface area contributed by atoms with Crippen LogP contribution in [0, 0.1) is 5.92 Å². The van der Waals surface area contributed by atoms with E-state index in [-0.39, 0.29) is 5.60 Å². The van der Waals surface area contributed by atoms with Crippen LogP contribution in [0.1, 0.15) is 45.4 Å². The number of halogens is 1. The van der Waals surface area contributed by atoms with E-state index in [1.807, 2.05) is 0 Å². The van der Waals surface area contributed by atoms with Crippen LogP contribution >= 0.6 is 27.7 Å². The van der Waals surface area contributed by atoms with Crippen molar-refractivity contribution in [1.29, 1.82) is 0 Å². The average Bonchev–Trinajstić information content (AvgIpc) is 2.28. The third kappa shape index (κ3) is 3.64. The molecule has 0 aromatic rings. The van der Waals surface area contributed by atoms with Crippen LogP contribution in [0.25, 0.3) is 0 Å². The Labute approximate surface area is 112 Å². The summed E-state index contributed by atoms with van der Waals surface area (Å²) in [5, 5.41) is 0. The molecule has 2 aliphatic rings. The number of thioether (sulfide) groups is 1. The molecule has 0 N–H and O–H groups in total. The van der Waals surface area contributed by atoms with Gasteiger partial charge in [-0.3, -0.25) is 0 Å². The van der Waals surface area contributed by atoms with Gasteiger partial charge in [0.1, 0.15) is 0 Å². The first-order valence-electron chi connectivity index (χ1n) is 6.56. The molecule has 2 aliphatic heterocycles. The quantitative estimate of drug-likeness (QED) is 0.721. The summed E-state index contributed by atoms with van der Waals surface area (Å²) in [6.07, 6.45) is 7.89. The van der Waals surface area contributed by atoms with Gasteiger partial charge in [0, 0.05) is 11.4 Å². The van der Waals surface area contributed by atoms with E-state index in [4.69, 9.17) is 4.74 Å². The Morgan fingerprint density at radius 2 is 2.19 bits per heavy atom. The zero-order valence-corrected chi connectivity index (χ0v) is 12.6. The second-order valence-corrected chi connectivity index (χ2v) is 8.15. The van der Waals surface area contributed by atoms with E-state index in [1.165, 1.54) is 50.0 Å². The third-order valence-corrected chi connectivity index (χ3v) is 5.42. The summed E-state index contributed by atoms with van der Waals surface area (Å²) < 4.78 is 6.12. The Morgan fingerprint density at radius 3 is 2.88 bits per heavy atom. The molecular formula is C13H23BrOS. The monoisotopic (exact) mass is 306 g/mol. The van der Waals surface area contributed by atoms with Crippen molar-refractivity contribution in [3.05, 3.63) is 0 Å². The van der Waals surface area contributed by atoms with Gasteiger partial charge in [-0.1, -0.05) is 22.9 Å². The zero-order chi connectivity index (χ0) is 11.4. The van der Waals surface area contributed by atoms with E-state index < -0.39 is 0 Å². The highest BCUT2D eigenvalue weighted by molar-refractivity contribution is 9.09. The zero-order valence-electron chi connectivity index (χ0n) is 10.2. The number of ether oxygens (including phenoxy) is 1. The van der Waals surface area contributed by atoms with Crippen LogP contribution in [-0.4, -0.2) is 28.5 Å². The molecule has 2 saturated heterocycles. The van der Waals surface area contributed by atoms with Gasteiger partial charge in [0.2, 0.25) is 0 Å². The van der Waals surface area contributed by atoms with Crippen molar-refractivity contribution in [2.45, 2.75) is 55.9 Å². The van der Waals surface area contributed by atoms with Crippen molar-refractivity contribution >= 4 is 27.7 Å². The predicted molar refractivity (Wildman–Crippen MR) is 75.6 cm³/mol. The molecule has 94 valence electrons. The van der Waals surface area contributed by atoms with Gasteiger partial charge in [-0.15, -0.1) is 0 Å². The van der Waals surface area contributed by atoms with E-state index in [1.54, 1.807) is 0 Å². The van der Waals surface area contributed by atoms with Crippen molar-refractivity contribution in [3.8, 4) is 0 Å². The van der Waals surface area contributed by atoms with Crippen LogP contribution in [0.5, 0.6) is 0 Å². The van der Waals surface area contributed by atoms with Gasteiger partial charge in [-0.2, -0.15) is 11.8 Å². The molecule has 0 aromatic carbocycles. The van der Waals surface area contributed by atoms with Crippen LogP contribution in [0.4, 0.5) is 0 Å². The summed E-state index contributed by atoms with van der Waals surface area (Å²) in [5.41, 5.74) is 0.281. The summed E-state index contributed by atoms with van der Waals surface area (Å²) in [6.45, 7) is 3.26. The average molecular weight is 307 g/mol. The molecule has 0 saturated carbocycles. The van der Waals surface area contributed by atoms with Gasteiger partial charge in [0.15, 0.2) is 0 Å². The van der Waals surface area contributed by atoms with Crippen LogP contribution in [0.15, 0.2) is 0 Å². The first-order valence-corrected chi connectivity index (χ1v) is 8.63. The van der Waals surface area contributed by atoms with E-state index in [2.05, 4.69) is 34.6 Å². The molecule has 0 radical (unpaired) electrons. The van der Waals surface area contributed by atoms with E-state index in [9.17, 15) is 0 Å². The Balaban J connectivity index is 1.83. The van der Waals surface area contributed by atoms with E-state index >= 15 is 0 Å². The molecule has 2 unspecified atom stereocenters. The molecular weight excluding hydrogens is 284 g/mol.